The third kappa shape index (κ3) is 6.18. The largest absolute Gasteiger partial charge is 0.352 e. The van der Waals surface area contributed by atoms with E-state index in [1.165, 1.54) is 4.57 Å². The fraction of sp³-hybridized carbons (Fsp3) is 0.429. The molecule has 2 heterocycles. The number of hydrogen-bond donors (Lipinski definition) is 1. The highest BCUT2D eigenvalue weighted by molar-refractivity contribution is 7.46. The van der Waals surface area contributed by atoms with Crippen molar-refractivity contribution >= 4 is 20.1 Å². The summed E-state index contributed by atoms with van der Waals surface area (Å²) in [6.45, 7) is 4.11. The molecule has 1 aliphatic rings. The fourth-order valence-corrected chi connectivity index (χ4v) is 4.19. The Labute approximate surface area is 181 Å². The van der Waals surface area contributed by atoms with Crippen LogP contribution in [0.1, 0.15) is 42.8 Å². The maximum Gasteiger partial charge on any atom is 0.351 e. The summed E-state index contributed by atoms with van der Waals surface area (Å²) in [7, 11) is -1.22. The number of carbonyl (C=O) groups excluding carboxylic acids is 1. The summed E-state index contributed by atoms with van der Waals surface area (Å²) >= 11 is 0. The molecule has 1 aromatic carbocycles. The zero-order valence-electron chi connectivity index (χ0n) is 17.4. The molecule has 3 rings (SSSR count). The molecule has 4 atom stereocenters. The molecule has 31 heavy (non-hydrogen) atoms. The first kappa shape index (κ1) is 23.0. The molecule has 0 radical (unpaired) electrons. The van der Waals surface area contributed by atoms with Crippen LogP contribution in [0.5, 0.6) is 0 Å². The van der Waals surface area contributed by atoms with Crippen LogP contribution in [0.25, 0.3) is 0 Å². The fourth-order valence-electron chi connectivity index (χ4n) is 3.21. The minimum absolute atomic E-state index is 0.0538. The number of aromatic nitrogens is 2. The first-order chi connectivity index (χ1) is 15.0. The number of hydrogen-bond acceptors (Lipinski definition) is 7. The summed E-state index contributed by atoms with van der Waals surface area (Å²) in [5.41, 5.74) is -0.0772. The Bertz CT molecular complexity index is 978. The minimum atomic E-state index is -1.22. The predicted molar refractivity (Wildman–Crippen MR) is 116 cm³/mol. The van der Waals surface area contributed by atoms with Crippen molar-refractivity contribution in [3.63, 3.8) is 0 Å². The van der Waals surface area contributed by atoms with Crippen molar-refractivity contribution in [2.45, 2.75) is 44.6 Å². The van der Waals surface area contributed by atoms with Crippen LogP contribution in [0.4, 0.5) is 5.82 Å². The number of nitrogens with one attached hydrogen (secondary N) is 1. The topological polar surface area (TPSA) is 115 Å². The second-order valence-electron chi connectivity index (χ2n) is 6.94. The van der Waals surface area contributed by atoms with Crippen LogP contribution in [-0.4, -0.2) is 40.9 Å². The number of ether oxygens (including phenoxy) is 1. The number of carbonyl (C=O) groups is 1. The lowest BCUT2D eigenvalue weighted by atomic mass is 10.1. The van der Waals surface area contributed by atoms with Gasteiger partial charge in [-0.3, -0.25) is 9.36 Å². The number of nitriles is 1. The quantitative estimate of drug-likeness (QED) is 0.465. The average Bonchev–Trinajstić information content (AvgIpc) is 3.17. The van der Waals surface area contributed by atoms with Crippen LogP contribution in [0.2, 0.25) is 0 Å². The lowest BCUT2D eigenvalue weighted by Gasteiger charge is -2.23. The summed E-state index contributed by atoms with van der Waals surface area (Å²) in [6.07, 6.45) is 2.15. The number of benzene rings is 1. The standard InChI is InChI=1S/C21H25N4O5P/c1-3-16-14-17(30-31(2)28-13-7-11-22)20(29-16)25-12-10-18(24-21(25)27)23-19(26)15-8-5-4-6-9-15/h4-6,8-10,12,16-17,20H,3,7,13-14H2,1-2H3,(H,23,24,26,27)/t16-,17?,20-,31?/m1/s1. The van der Waals surface area contributed by atoms with Gasteiger partial charge in [0, 0.05) is 24.8 Å². The van der Waals surface area contributed by atoms with E-state index in [9.17, 15) is 9.59 Å². The first-order valence-electron chi connectivity index (χ1n) is 10.0. The molecule has 1 aliphatic heterocycles. The maximum absolute atomic E-state index is 12.7. The van der Waals surface area contributed by atoms with E-state index < -0.39 is 20.3 Å². The SMILES string of the molecule is CC[C@@H]1CC(OP(C)OCCC#N)[C@H](n2ccc(NC(=O)c3ccccc3)nc2=O)O1. The number of anilines is 1. The Hall–Kier alpha value is -2.63. The molecular formula is C21H25N4O5P. The molecule has 0 bridgehead atoms. The van der Waals surface area contributed by atoms with Gasteiger partial charge < -0.3 is 19.1 Å². The minimum Gasteiger partial charge on any atom is -0.352 e. The highest BCUT2D eigenvalue weighted by atomic mass is 31.2. The molecule has 1 N–H and O–H groups in total. The van der Waals surface area contributed by atoms with Crippen molar-refractivity contribution in [3.8, 4) is 6.07 Å². The molecule has 9 nitrogen and oxygen atoms in total. The summed E-state index contributed by atoms with van der Waals surface area (Å²) in [4.78, 5) is 29.0. The Morgan fingerprint density at radius 2 is 2.16 bits per heavy atom. The van der Waals surface area contributed by atoms with E-state index in [4.69, 9.17) is 19.0 Å². The molecule has 2 unspecified atom stereocenters. The van der Waals surface area contributed by atoms with Crippen LogP contribution in [0.3, 0.4) is 0 Å². The highest BCUT2D eigenvalue weighted by Gasteiger charge is 2.38. The maximum atomic E-state index is 12.7. The van der Waals surface area contributed by atoms with Crippen molar-refractivity contribution in [3.05, 3.63) is 58.6 Å². The monoisotopic (exact) mass is 444 g/mol. The van der Waals surface area contributed by atoms with E-state index in [1.54, 1.807) is 36.5 Å². The van der Waals surface area contributed by atoms with E-state index in [2.05, 4.69) is 10.3 Å². The van der Waals surface area contributed by atoms with Gasteiger partial charge in [0.2, 0.25) is 0 Å². The Kier molecular flexibility index (Phi) is 8.27. The number of amides is 1. The Balaban J connectivity index is 1.71. The van der Waals surface area contributed by atoms with Gasteiger partial charge in [-0.1, -0.05) is 25.1 Å². The zero-order chi connectivity index (χ0) is 22.2. The summed E-state index contributed by atoms with van der Waals surface area (Å²) < 4.78 is 19.0. The van der Waals surface area contributed by atoms with Crippen LogP contribution in [0, 0.1) is 11.3 Å². The summed E-state index contributed by atoms with van der Waals surface area (Å²) in [5.74, 6) is -0.184. The van der Waals surface area contributed by atoms with Gasteiger partial charge in [0.15, 0.2) is 14.6 Å². The van der Waals surface area contributed by atoms with Gasteiger partial charge in [-0.15, -0.1) is 0 Å². The van der Waals surface area contributed by atoms with Crippen LogP contribution >= 0.6 is 8.38 Å². The Morgan fingerprint density at radius 1 is 1.39 bits per heavy atom. The van der Waals surface area contributed by atoms with Crippen LogP contribution in [-0.2, 0) is 13.8 Å². The van der Waals surface area contributed by atoms with Crippen molar-refractivity contribution < 1.29 is 18.6 Å². The predicted octanol–water partition coefficient (Wildman–Crippen LogP) is 3.45. The second kappa shape index (κ2) is 11.1. The van der Waals surface area contributed by atoms with Gasteiger partial charge in [0.05, 0.1) is 25.2 Å². The highest BCUT2D eigenvalue weighted by Crippen LogP contribution is 2.42. The van der Waals surface area contributed by atoms with E-state index in [0.29, 0.717) is 18.6 Å². The molecule has 0 aliphatic carbocycles. The smallest absolute Gasteiger partial charge is 0.351 e. The molecule has 1 fully saturated rings. The van der Waals surface area contributed by atoms with E-state index in [-0.39, 0.29) is 30.4 Å². The number of rotatable bonds is 9. The van der Waals surface area contributed by atoms with Gasteiger partial charge >= 0.3 is 5.69 Å². The molecule has 1 aromatic heterocycles. The molecule has 1 amide bonds. The Morgan fingerprint density at radius 3 is 2.84 bits per heavy atom. The zero-order valence-corrected chi connectivity index (χ0v) is 18.3. The van der Waals surface area contributed by atoms with Gasteiger partial charge in [0.25, 0.3) is 5.91 Å². The van der Waals surface area contributed by atoms with Gasteiger partial charge in [0.1, 0.15) is 11.9 Å². The molecule has 10 heteroatoms. The van der Waals surface area contributed by atoms with Gasteiger partial charge in [-0.05, 0) is 24.6 Å². The molecule has 0 spiro atoms. The van der Waals surface area contributed by atoms with Crippen molar-refractivity contribution in [1.29, 1.82) is 5.26 Å². The molecule has 164 valence electrons. The average molecular weight is 444 g/mol. The molecule has 2 aromatic rings. The van der Waals surface area contributed by atoms with E-state index in [0.717, 1.165) is 6.42 Å². The third-order valence-corrected chi connectivity index (χ3v) is 5.87. The summed E-state index contributed by atoms with van der Waals surface area (Å²) in [6, 6.07) is 12.3. The molecular weight excluding hydrogens is 419 g/mol. The lowest BCUT2D eigenvalue weighted by Crippen LogP contribution is -2.33. The normalized spacial score (nSPS) is 21.4. The first-order valence-corrected chi connectivity index (χ1v) is 11.7. The second-order valence-corrected chi connectivity index (χ2v) is 8.29. The van der Waals surface area contributed by atoms with Crippen molar-refractivity contribution in [2.24, 2.45) is 0 Å². The summed E-state index contributed by atoms with van der Waals surface area (Å²) in [5, 5.41) is 11.3. The van der Waals surface area contributed by atoms with Crippen molar-refractivity contribution in [2.75, 3.05) is 18.6 Å². The third-order valence-electron chi connectivity index (χ3n) is 4.75. The van der Waals surface area contributed by atoms with Crippen LogP contribution < -0.4 is 11.0 Å². The van der Waals surface area contributed by atoms with Gasteiger partial charge in [-0.2, -0.15) is 10.2 Å². The van der Waals surface area contributed by atoms with Crippen LogP contribution in [0.15, 0.2) is 47.4 Å². The van der Waals surface area contributed by atoms with E-state index >= 15 is 0 Å². The number of nitrogens with zero attached hydrogens (tertiary/aromatic N) is 3. The van der Waals surface area contributed by atoms with Gasteiger partial charge in [-0.25, -0.2) is 4.79 Å². The lowest BCUT2D eigenvalue weighted by molar-refractivity contribution is -0.0341. The van der Waals surface area contributed by atoms with E-state index in [1.807, 2.05) is 25.7 Å². The molecule has 1 saturated heterocycles. The molecule has 0 saturated carbocycles. The van der Waals surface area contributed by atoms with Crippen molar-refractivity contribution in [1.82, 2.24) is 9.55 Å².